The predicted molar refractivity (Wildman–Crippen MR) is 94.5 cm³/mol. The van der Waals surface area contributed by atoms with Crippen LogP contribution < -0.4 is 10.2 Å². The van der Waals surface area contributed by atoms with Crippen LogP contribution >= 0.6 is 0 Å². The summed E-state index contributed by atoms with van der Waals surface area (Å²) in [6.45, 7) is 6.13. The standard InChI is InChI=1S/C17H26N2O4S/c1-3-8-23-16-10-18-14(9-15(16)20)11-24(22)12-17(21)19-6-4-13(2)5-7-19/h9-10,13H,3-8,11-12H2,1-2H3,(H,18,20). The summed E-state index contributed by atoms with van der Waals surface area (Å²) in [6, 6.07) is 1.40. The van der Waals surface area contributed by atoms with Crippen LogP contribution in [0.3, 0.4) is 0 Å². The van der Waals surface area contributed by atoms with E-state index in [1.165, 1.54) is 12.3 Å². The van der Waals surface area contributed by atoms with Crippen molar-refractivity contribution in [1.82, 2.24) is 9.88 Å². The van der Waals surface area contributed by atoms with E-state index in [2.05, 4.69) is 11.9 Å². The molecule has 1 N–H and O–H groups in total. The molecule has 0 bridgehead atoms. The first kappa shape index (κ1) is 18.7. The number of hydrogen-bond acceptors (Lipinski definition) is 4. The first-order valence-electron chi connectivity index (χ1n) is 8.46. The summed E-state index contributed by atoms with van der Waals surface area (Å²) in [6.07, 6.45) is 4.33. The lowest BCUT2D eigenvalue weighted by Gasteiger charge is -2.30. The zero-order chi connectivity index (χ0) is 17.5. The van der Waals surface area contributed by atoms with E-state index in [0.717, 1.165) is 32.4 Å². The van der Waals surface area contributed by atoms with Gasteiger partial charge in [-0.15, -0.1) is 0 Å². The van der Waals surface area contributed by atoms with E-state index in [1.54, 1.807) is 4.90 Å². The van der Waals surface area contributed by atoms with Gasteiger partial charge < -0.3 is 14.6 Å². The molecule has 7 heteroatoms. The lowest BCUT2D eigenvalue weighted by atomic mass is 9.99. The minimum Gasteiger partial charge on any atom is -0.488 e. The van der Waals surface area contributed by atoms with Crippen LogP contribution in [-0.4, -0.2) is 45.4 Å². The Bertz CT molecular complexity index is 636. The Kier molecular flexibility index (Phi) is 7.02. The van der Waals surface area contributed by atoms with E-state index in [4.69, 9.17) is 4.74 Å². The van der Waals surface area contributed by atoms with Crippen LogP contribution in [0.5, 0.6) is 5.75 Å². The van der Waals surface area contributed by atoms with Crippen LogP contribution in [0.15, 0.2) is 17.1 Å². The lowest BCUT2D eigenvalue weighted by Crippen LogP contribution is -2.40. The van der Waals surface area contributed by atoms with Gasteiger partial charge >= 0.3 is 0 Å². The largest absolute Gasteiger partial charge is 0.488 e. The summed E-state index contributed by atoms with van der Waals surface area (Å²) in [5, 5.41) is 0. The van der Waals surface area contributed by atoms with Crippen LogP contribution in [-0.2, 0) is 21.3 Å². The van der Waals surface area contributed by atoms with Gasteiger partial charge in [0.1, 0.15) is 5.75 Å². The van der Waals surface area contributed by atoms with Crippen LogP contribution in [0.4, 0.5) is 0 Å². The smallest absolute Gasteiger partial charge is 0.235 e. The number of piperidine rings is 1. The van der Waals surface area contributed by atoms with Crippen LogP contribution in [0.1, 0.15) is 38.8 Å². The van der Waals surface area contributed by atoms with Gasteiger partial charge in [0, 0.05) is 41.8 Å². The number of aromatic nitrogens is 1. The molecule has 0 saturated carbocycles. The Morgan fingerprint density at radius 1 is 1.42 bits per heavy atom. The van der Waals surface area contributed by atoms with Gasteiger partial charge in [-0.25, -0.2) is 0 Å². The highest BCUT2D eigenvalue weighted by atomic mass is 32.2. The maximum Gasteiger partial charge on any atom is 0.235 e. The van der Waals surface area contributed by atoms with Gasteiger partial charge in [-0.2, -0.15) is 0 Å². The molecule has 1 aromatic rings. The first-order valence-corrected chi connectivity index (χ1v) is 9.95. The highest BCUT2D eigenvalue weighted by molar-refractivity contribution is 7.84. The molecule has 2 rings (SSSR count). The van der Waals surface area contributed by atoms with Crippen molar-refractivity contribution >= 4 is 16.7 Å². The van der Waals surface area contributed by atoms with Crippen molar-refractivity contribution in [2.24, 2.45) is 5.92 Å². The number of nitrogens with one attached hydrogen (secondary N) is 1. The van der Waals surface area contributed by atoms with Gasteiger partial charge in [-0.05, 0) is 25.2 Å². The molecule has 0 radical (unpaired) electrons. The third-order valence-electron chi connectivity index (χ3n) is 4.14. The zero-order valence-electron chi connectivity index (χ0n) is 14.4. The SMILES string of the molecule is CCCOc1c[nH]c(CS(=O)CC(=O)N2CCC(C)CC2)cc1=O. The molecule has 0 aromatic carbocycles. The monoisotopic (exact) mass is 354 g/mol. The summed E-state index contributed by atoms with van der Waals surface area (Å²) >= 11 is 0. The van der Waals surface area contributed by atoms with Gasteiger partial charge in [0.05, 0.1) is 12.4 Å². The molecule has 1 atom stereocenters. The normalized spacial score (nSPS) is 16.8. The Labute approximate surface area is 145 Å². The molecule has 1 fully saturated rings. The molecular weight excluding hydrogens is 328 g/mol. The highest BCUT2D eigenvalue weighted by Gasteiger charge is 2.21. The second-order valence-electron chi connectivity index (χ2n) is 6.33. The van der Waals surface area contributed by atoms with Crippen molar-refractivity contribution in [1.29, 1.82) is 0 Å². The molecule has 1 aliphatic rings. The van der Waals surface area contributed by atoms with E-state index in [0.29, 0.717) is 18.2 Å². The van der Waals surface area contributed by atoms with Crippen molar-refractivity contribution < 1.29 is 13.7 Å². The molecular formula is C17H26N2O4S. The Balaban J connectivity index is 1.86. The number of aromatic amines is 1. The third-order valence-corrected chi connectivity index (χ3v) is 5.34. The molecule has 0 spiro atoms. The summed E-state index contributed by atoms with van der Waals surface area (Å²) in [5.74, 6) is 1.03. The number of ether oxygens (including phenoxy) is 1. The van der Waals surface area contributed by atoms with Crippen molar-refractivity contribution in [2.45, 2.75) is 38.9 Å². The molecule has 6 nitrogen and oxygen atoms in total. The summed E-state index contributed by atoms with van der Waals surface area (Å²) in [7, 11) is -1.33. The van der Waals surface area contributed by atoms with E-state index in [-0.39, 0.29) is 28.6 Å². The minimum atomic E-state index is -1.33. The second-order valence-corrected chi connectivity index (χ2v) is 7.78. The van der Waals surface area contributed by atoms with E-state index in [1.807, 2.05) is 6.92 Å². The Morgan fingerprint density at radius 2 is 2.12 bits per heavy atom. The average molecular weight is 354 g/mol. The maximum atomic E-state index is 12.2. The molecule has 1 amide bonds. The number of amides is 1. The topological polar surface area (TPSA) is 79.5 Å². The van der Waals surface area contributed by atoms with Crippen molar-refractivity contribution in [3.8, 4) is 5.75 Å². The van der Waals surface area contributed by atoms with Gasteiger partial charge in [0.15, 0.2) is 5.75 Å². The molecule has 0 aliphatic carbocycles. The van der Waals surface area contributed by atoms with E-state index < -0.39 is 10.8 Å². The van der Waals surface area contributed by atoms with Gasteiger partial charge in [-0.1, -0.05) is 13.8 Å². The molecule has 1 unspecified atom stereocenters. The highest BCUT2D eigenvalue weighted by Crippen LogP contribution is 2.16. The molecule has 1 aliphatic heterocycles. The number of likely N-dealkylation sites (tertiary alicyclic amines) is 1. The maximum absolute atomic E-state index is 12.2. The van der Waals surface area contributed by atoms with E-state index in [9.17, 15) is 13.8 Å². The van der Waals surface area contributed by atoms with Crippen LogP contribution in [0.25, 0.3) is 0 Å². The summed E-state index contributed by atoms with van der Waals surface area (Å²) in [5.41, 5.74) is 0.327. The number of carbonyl (C=O) groups is 1. The average Bonchev–Trinajstić information content (AvgIpc) is 2.54. The lowest BCUT2D eigenvalue weighted by molar-refractivity contribution is -0.129. The zero-order valence-corrected chi connectivity index (χ0v) is 15.2. The summed E-state index contributed by atoms with van der Waals surface area (Å²) < 4.78 is 17.5. The van der Waals surface area contributed by atoms with Crippen molar-refractivity contribution in [3.63, 3.8) is 0 Å². The van der Waals surface area contributed by atoms with E-state index >= 15 is 0 Å². The summed E-state index contributed by atoms with van der Waals surface area (Å²) in [4.78, 5) is 28.8. The van der Waals surface area contributed by atoms with Crippen LogP contribution in [0.2, 0.25) is 0 Å². The fraction of sp³-hybridized carbons (Fsp3) is 0.647. The fourth-order valence-corrected chi connectivity index (χ4v) is 3.69. The number of pyridine rings is 1. The number of nitrogens with zero attached hydrogens (tertiary/aromatic N) is 1. The Morgan fingerprint density at radius 3 is 2.75 bits per heavy atom. The molecule has 134 valence electrons. The van der Waals surface area contributed by atoms with Crippen molar-refractivity contribution in [3.05, 3.63) is 28.2 Å². The van der Waals surface area contributed by atoms with Crippen LogP contribution in [0, 0.1) is 5.92 Å². The number of carbonyl (C=O) groups excluding carboxylic acids is 1. The fourth-order valence-electron chi connectivity index (χ4n) is 2.62. The number of H-pyrrole nitrogens is 1. The first-order chi connectivity index (χ1) is 11.5. The minimum absolute atomic E-state index is 0.00446. The van der Waals surface area contributed by atoms with Gasteiger partial charge in [-0.3, -0.25) is 13.8 Å². The van der Waals surface area contributed by atoms with Gasteiger partial charge in [0.2, 0.25) is 11.3 Å². The predicted octanol–water partition coefficient (Wildman–Crippen LogP) is 1.67. The Hall–Kier alpha value is -1.63. The quantitative estimate of drug-likeness (QED) is 0.808. The molecule has 1 aromatic heterocycles. The number of rotatable bonds is 7. The van der Waals surface area contributed by atoms with Crippen molar-refractivity contribution in [2.75, 3.05) is 25.4 Å². The number of hydrogen-bond donors (Lipinski definition) is 1. The molecule has 24 heavy (non-hydrogen) atoms. The molecule has 2 heterocycles. The van der Waals surface area contributed by atoms with Gasteiger partial charge in [0.25, 0.3) is 0 Å². The third kappa shape index (κ3) is 5.47. The molecule has 1 saturated heterocycles. The second kappa shape index (κ2) is 9.01.